The highest BCUT2D eigenvalue weighted by Crippen LogP contribution is 2.06. The summed E-state index contributed by atoms with van der Waals surface area (Å²) in [5, 5.41) is 3.04. The van der Waals surface area contributed by atoms with Crippen molar-refractivity contribution in [1.82, 2.24) is 19.8 Å². The largest absolute Gasteiger partial charge is 0.354 e. The van der Waals surface area contributed by atoms with Gasteiger partial charge in [0.25, 0.3) is 0 Å². The van der Waals surface area contributed by atoms with Gasteiger partial charge in [-0.05, 0) is 49.6 Å². The number of carbonyl (C=O) groups excluding carboxylic acids is 1. The molecule has 0 bridgehead atoms. The minimum Gasteiger partial charge on any atom is -0.354 e. The molecule has 0 radical (unpaired) electrons. The SMILES string of the molecule is C[C@@H](CCc1cccn1C)NC(=O)N(C)Cc1ccncc1. The standard InChI is InChI=1S/C17H24N4O/c1-14(6-7-16-5-4-12-20(16)2)19-17(22)21(3)13-15-8-10-18-11-9-15/h4-5,8-12,14H,6-7,13H2,1-3H3,(H,19,22)/t14-/m0/s1. The van der Waals surface area contributed by atoms with Crippen molar-refractivity contribution >= 4 is 6.03 Å². The first-order chi connectivity index (χ1) is 10.6. The van der Waals surface area contributed by atoms with Gasteiger partial charge in [-0.3, -0.25) is 4.98 Å². The zero-order valence-electron chi connectivity index (χ0n) is 13.5. The molecule has 2 aromatic heterocycles. The summed E-state index contributed by atoms with van der Waals surface area (Å²) >= 11 is 0. The number of rotatable bonds is 6. The van der Waals surface area contributed by atoms with Gasteiger partial charge in [0.05, 0.1) is 0 Å². The molecule has 5 nitrogen and oxygen atoms in total. The minimum absolute atomic E-state index is 0.0452. The fourth-order valence-corrected chi connectivity index (χ4v) is 2.35. The van der Waals surface area contributed by atoms with Crippen LogP contribution in [0.2, 0.25) is 0 Å². The first-order valence-corrected chi connectivity index (χ1v) is 7.57. The molecule has 2 heterocycles. The summed E-state index contributed by atoms with van der Waals surface area (Å²) in [5.74, 6) is 0. The number of amides is 2. The molecule has 2 rings (SSSR count). The van der Waals surface area contributed by atoms with Crippen LogP contribution in [0.15, 0.2) is 42.9 Å². The van der Waals surface area contributed by atoms with E-state index in [0.717, 1.165) is 18.4 Å². The molecule has 0 spiro atoms. The monoisotopic (exact) mass is 300 g/mol. The van der Waals surface area contributed by atoms with Crippen LogP contribution in [0, 0.1) is 0 Å². The first-order valence-electron chi connectivity index (χ1n) is 7.57. The van der Waals surface area contributed by atoms with Crippen LogP contribution in [-0.2, 0) is 20.0 Å². The van der Waals surface area contributed by atoms with Gasteiger partial charge >= 0.3 is 6.03 Å². The average Bonchev–Trinajstić information content (AvgIpc) is 2.91. The highest BCUT2D eigenvalue weighted by atomic mass is 16.2. The van der Waals surface area contributed by atoms with E-state index >= 15 is 0 Å². The summed E-state index contributed by atoms with van der Waals surface area (Å²) in [6, 6.07) is 8.09. The second kappa shape index (κ2) is 7.64. The Bertz CT molecular complexity index is 594. The van der Waals surface area contributed by atoms with Crippen LogP contribution in [0.1, 0.15) is 24.6 Å². The van der Waals surface area contributed by atoms with Crippen molar-refractivity contribution in [2.24, 2.45) is 7.05 Å². The van der Waals surface area contributed by atoms with E-state index in [1.807, 2.05) is 38.4 Å². The van der Waals surface area contributed by atoms with Gasteiger partial charge in [0, 0.05) is 51.0 Å². The van der Waals surface area contributed by atoms with E-state index in [2.05, 4.69) is 20.9 Å². The molecule has 0 saturated heterocycles. The van der Waals surface area contributed by atoms with Gasteiger partial charge in [-0.15, -0.1) is 0 Å². The molecule has 1 N–H and O–H groups in total. The normalized spacial score (nSPS) is 12.0. The number of carbonyl (C=O) groups is 1. The molecule has 5 heteroatoms. The van der Waals surface area contributed by atoms with Crippen molar-refractivity contribution in [3.63, 3.8) is 0 Å². The Labute approximate surface area is 132 Å². The fraction of sp³-hybridized carbons (Fsp3) is 0.412. The van der Waals surface area contributed by atoms with Crippen molar-refractivity contribution in [3.05, 3.63) is 54.1 Å². The maximum Gasteiger partial charge on any atom is 0.317 e. The minimum atomic E-state index is -0.0452. The molecule has 22 heavy (non-hydrogen) atoms. The van der Waals surface area contributed by atoms with Gasteiger partial charge in [-0.25, -0.2) is 4.79 Å². The Balaban J connectivity index is 1.77. The van der Waals surface area contributed by atoms with Gasteiger partial charge < -0.3 is 14.8 Å². The predicted molar refractivity (Wildman–Crippen MR) is 87.4 cm³/mol. The molecular formula is C17H24N4O. The van der Waals surface area contributed by atoms with Crippen LogP contribution in [0.4, 0.5) is 4.79 Å². The Morgan fingerprint density at radius 3 is 2.73 bits per heavy atom. The third-order valence-corrected chi connectivity index (χ3v) is 3.77. The van der Waals surface area contributed by atoms with E-state index in [0.29, 0.717) is 6.54 Å². The summed E-state index contributed by atoms with van der Waals surface area (Å²) < 4.78 is 2.12. The highest BCUT2D eigenvalue weighted by Gasteiger charge is 2.12. The van der Waals surface area contributed by atoms with Crippen LogP contribution in [-0.4, -0.2) is 33.6 Å². The van der Waals surface area contributed by atoms with Crippen LogP contribution < -0.4 is 5.32 Å². The van der Waals surface area contributed by atoms with Gasteiger partial charge in [0.1, 0.15) is 0 Å². The molecular weight excluding hydrogens is 276 g/mol. The number of nitrogens with zero attached hydrogens (tertiary/aromatic N) is 3. The van der Waals surface area contributed by atoms with Crippen LogP contribution in [0.25, 0.3) is 0 Å². The zero-order chi connectivity index (χ0) is 15.9. The van der Waals surface area contributed by atoms with Crippen molar-refractivity contribution in [3.8, 4) is 0 Å². The van der Waals surface area contributed by atoms with Gasteiger partial charge in [-0.1, -0.05) is 0 Å². The second-order valence-corrected chi connectivity index (χ2v) is 5.71. The lowest BCUT2D eigenvalue weighted by atomic mass is 10.1. The number of hydrogen-bond acceptors (Lipinski definition) is 2. The zero-order valence-corrected chi connectivity index (χ0v) is 13.5. The number of urea groups is 1. The molecule has 0 saturated carbocycles. The quantitative estimate of drug-likeness (QED) is 0.891. The van der Waals surface area contributed by atoms with Gasteiger partial charge in [-0.2, -0.15) is 0 Å². The lowest BCUT2D eigenvalue weighted by molar-refractivity contribution is 0.203. The summed E-state index contributed by atoms with van der Waals surface area (Å²) in [7, 11) is 3.85. The molecule has 0 aliphatic heterocycles. The number of nitrogens with one attached hydrogen (secondary N) is 1. The van der Waals surface area contributed by atoms with E-state index < -0.39 is 0 Å². The Morgan fingerprint density at radius 1 is 1.36 bits per heavy atom. The van der Waals surface area contributed by atoms with Gasteiger partial charge in [0.15, 0.2) is 0 Å². The molecule has 0 unspecified atom stereocenters. The van der Waals surface area contributed by atoms with Gasteiger partial charge in [0.2, 0.25) is 0 Å². The number of pyridine rings is 1. The lowest BCUT2D eigenvalue weighted by Crippen LogP contribution is -2.41. The molecule has 0 fully saturated rings. The topological polar surface area (TPSA) is 50.2 Å². The van der Waals surface area contributed by atoms with E-state index in [-0.39, 0.29) is 12.1 Å². The summed E-state index contributed by atoms with van der Waals surface area (Å²) in [5.41, 5.74) is 2.36. The van der Waals surface area contributed by atoms with E-state index in [1.165, 1.54) is 5.69 Å². The Hall–Kier alpha value is -2.30. The lowest BCUT2D eigenvalue weighted by Gasteiger charge is -2.21. The van der Waals surface area contributed by atoms with E-state index in [1.54, 1.807) is 24.3 Å². The maximum atomic E-state index is 12.2. The van der Waals surface area contributed by atoms with Crippen LogP contribution in [0.3, 0.4) is 0 Å². The number of hydrogen-bond donors (Lipinski definition) is 1. The number of aromatic nitrogens is 2. The molecule has 0 aliphatic carbocycles. The second-order valence-electron chi connectivity index (χ2n) is 5.71. The fourth-order valence-electron chi connectivity index (χ4n) is 2.35. The highest BCUT2D eigenvalue weighted by molar-refractivity contribution is 5.74. The molecule has 1 atom stereocenters. The first kappa shape index (κ1) is 16.1. The maximum absolute atomic E-state index is 12.2. The third kappa shape index (κ3) is 4.62. The smallest absolute Gasteiger partial charge is 0.317 e. The Morgan fingerprint density at radius 2 is 2.09 bits per heavy atom. The van der Waals surface area contributed by atoms with E-state index in [4.69, 9.17) is 0 Å². The van der Waals surface area contributed by atoms with Crippen molar-refractivity contribution in [1.29, 1.82) is 0 Å². The Kier molecular flexibility index (Phi) is 5.58. The summed E-state index contributed by atoms with van der Waals surface area (Å²) in [6.07, 6.45) is 7.40. The molecule has 2 amide bonds. The predicted octanol–water partition coefficient (Wildman–Crippen LogP) is 2.58. The van der Waals surface area contributed by atoms with Crippen LogP contribution in [0.5, 0.6) is 0 Å². The third-order valence-electron chi connectivity index (χ3n) is 3.77. The summed E-state index contributed by atoms with van der Waals surface area (Å²) in [6.45, 7) is 2.63. The molecule has 2 aromatic rings. The number of aryl methyl sites for hydroxylation is 2. The van der Waals surface area contributed by atoms with Crippen molar-refractivity contribution in [2.45, 2.75) is 32.4 Å². The van der Waals surface area contributed by atoms with Crippen LogP contribution >= 0.6 is 0 Å². The molecule has 0 aliphatic rings. The average molecular weight is 300 g/mol. The van der Waals surface area contributed by atoms with Crippen molar-refractivity contribution in [2.75, 3.05) is 7.05 Å². The summed E-state index contributed by atoms with van der Waals surface area (Å²) in [4.78, 5) is 17.8. The van der Waals surface area contributed by atoms with Crippen molar-refractivity contribution < 1.29 is 4.79 Å². The molecule has 0 aromatic carbocycles. The van der Waals surface area contributed by atoms with E-state index in [9.17, 15) is 4.79 Å². The molecule has 118 valence electrons.